The highest BCUT2D eigenvalue weighted by molar-refractivity contribution is 5.73. The molecule has 0 saturated carbocycles. The molecular weight excluding hydrogens is 228 g/mol. The molecule has 1 N–H and O–H groups in total. The highest BCUT2D eigenvalue weighted by Gasteiger charge is 2.05. The number of benzene rings is 1. The third-order valence-corrected chi connectivity index (χ3v) is 2.39. The number of rotatable bonds is 7. The van der Waals surface area contributed by atoms with Gasteiger partial charge in [0.15, 0.2) is 0 Å². The molecule has 2 amide bonds. The fourth-order valence-corrected chi connectivity index (χ4v) is 1.40. The maximum absolute atomic E-state index is 11.5. The zero-order valence-electron chi connectivity index (χ0n) is 10.8. The Morgan fingerprint density at radius 3 is 2.83 bits per heavy atom. The maximum atomic E-state index is 11.5. The van der Waals surface area contributed by atoms with E-state index in [0.717, 1.165) is 12.2 Å². The molecule has 0 aliphatic carbocycles. The van der Waals surface area contributed by atoms with Crippen LogP contribution in [0.15, 0.2) is 43.0 Å². The van der Waals surface area contributed by atoms with E-state index in [2.05, 4.69) is 11.9 Å². The van der Waals surface area contributed by atoms with Gasteiger partial charge in [-0.05, 0) is 18.6 Å². The van der Waals surface area contributed by atoms with Crippen molar-refractivity contribution in [2.24, 2.45) is 0 Å². The molecule has 0 aliphatic rings. The molecule has 0 aliphatic heterocycles. The van der Waals surface area contributed by atoms with E-state index in [1.54, 1.807) is 18.0 Å². The summed E-state index contributed by atoms with van der Waals surface area (Å²) in [5.41, 5.74) is 0. The molecule has 0 fully saturated rings. The summed E-state index contributed by atoms with van der Waals surface area (Å²) >= 11 is 0. The Bertz CT molecular complexity index is 365. The average molecular weight is 248 g/mol. The Morgan fingerprint density at radius 1 is 1.44 bits per heavy atom. The van der Waals surface area contributed by atoms with Crippen LogP contribution in [0.1, 0.15) is 6.42 Å². The molecule has 98 valence electrons. The number of hydrogen-bond donors (Lipinski definition) is 1. The van der Waals surface area contributed by atoms with Gasteiger partial charge in [0.2, 0.25) is 0 Å². The van der Waals surface area contributed by atoms with Gasteiger partial charge in [-0.25, -0.2) is 4.79 Å². The first kappa shape index (κ1) is 14.1. The van der Waals surface area contributed by atoms with E-state index in [0.29, 0.717) is 19.7 Å². The van der Waals surface area contributed by atoms with Crippen molar-refractivity contribution in [3.8, 4) is 5.75 Å². The van der Waals surface area contributed by atoms with Gasteiger partial charge >= 0.3 is 6.03 Å². The van der Waals surface area contributed by atoms with E-state index < -0.39 is 0 Å². The van der Waals surface area contributed by atoms with Crippen LogP contribution in [0.3, 0.4) is 0 Å². The second-order valence-corrected chi connectivity index (χ2v) is 3.91. The van der Waals surface area contributed by atoms with Crippen LogP contribution in [-0.2, 0) is 0 Å². The number of hydrogen-bond acceptors (Lipinski definition) is 2. The number of carbonyl (C=O) groups excluding carboxylic acids is 1. The number of para-hydroxylation sites is 1. The molecule has 0 radical (unpaired) electrons. The zero-order chi connectivity index (χ0) is 13.2. The van der Waals surface area contributed by atoms with E-state index in [1.165, 1.54) is 0 Å². The summed E-state index contributed by atoms with van der Waals surface area (Å²) in [6, 6.07) is 9.56. The molecule has 18 heavy (non-hydrogen) atoms. The number of nitrogens with one attached hydrogen (secondary N) is 1. The third kappa shape index (κ3) is 5.39. The lowest BCUT2D eigenvalue weighted by Gasteiger charge is -2.17. The normalized spacial score (nSPS) is 9.61. The first-order valence-corrected chi connectivity index (χ1v) is 6.01. The predicted octanol–water partition coefficient (Wildman–Crippen LogP) is 2.28. The van der Waals surface area contributed by atoms with E-state index in [-0.39, 0.29) is 6.03 Å². The van der Waals surface area contributed by atoms with Crippen molar-refractivity contribution in [1.82, 2.24) is 10.2 Å². The first-order valence-electron chi connectivity index (χ1n) is 6.01. The predicted molar refractivity (Wildman–Crippen MR) is 72.8 cm³/mol. The van der Waals surface area contributed by atoms with Crippen molar-refractivity contribution in [2.45, 2.75) is 6.42 Å². The van der Waals surface area contributed by atoms with Gasteiger partial charge in [0.1, 0.15) is 5.75 Å². The molecule has 0 atom stereocenters. The molecule has 1 rings (SSSR count). The van der Waals surface area contributed by atoms with Crippen molar-refractivity contribution in [2.75, 3.05) is 26.7 Å². The van der Waals surface area contributed by atoms with Gasteiger partial charge in [0.05, 0.1) is 6.61 Å². The minimum atomic E-state index is -0.0883. The van der Waals surface area contributed by atoms with Crippen LogP contribution in [0.5, 0.6) is 5.75 Å². The summed E-state index contributed by atoms with van der Waals surface area (Å²) in [5, 5.41) is 2.72. The lowest BCUT2D eigenvalue weighted by molar-refractivity contribution is 0.204. The van der Waals surface area contributed by atoms with Crippen LogP contribution >= 0.6 is 0 Å². The SMILES string of the molecule is C=CCNC(=O)N(C)CCCOc1ccccc1. The highest BCUT2D eigenvalue weighted by Crippen LogP contribution is 2.08. The summed E-state index contributed by atoms with van der Waals surface area (Å²) in [6.07, 6.45) is 2.46. The maximum Gasteiger partial charge on any atom is 0.317 e. The molecule has 0 bridgehead atoms. The number of nitrogens with zero attached hydrogens (tertiary/aromatic N) is 1. The molecule has 4 nitrogen and oxygen atoms in total. The molecule has 0 unspecified atom stereocenters. The first-order chi connectivity index (χ1) is 8.74. The van der Waals surface area contributed by atoms with Crippen molar-refractivity contribution in [3.05, 3.63) is 43.0 Å². The number of amides is 2. The Kier molecular flexibility index (Phi) is 6.40. The largest absolute Gasteiger partial charge is 0.494 e. The second kappa shape index (κ2) is 8.17. The fourth-order valence-electron chi connectivity index (χ4n) is 1.40. The lowest BCUT2D eigenvalue weighted by Crippen LogP contribution is -2.38. The van der Waals surface area contributed by atoms with Crippen LogP contribution in [0.2, 0.25) is 0 Å². The van der Waals surface area contributed by atoms with E-state index in [1.807, 2.05) is 30.3 Å². The van der Waals surface area contributed by atoms with Crippen LogP contribution in [0.4, 0.5) is 4.79 Å². The quantitative estimate of drug-likeness (QED) is 0.594. The fraction of sp³-hybridized carbons (Fsp3) is 0.357. The zero-order valence-corrected chi connectivity index (χ0v) is 10.8. The summed E-state index contributed by atoms with van der Waals surface area (Å²) < 4.78 is 5.54. The molecule has 1 aromatic carbocycles. The number of urea groups is 1. The summed E-state index contributed by atoms with van der Waals surface area (Å²) in [7, 11) is 1.76. The monoisotopic (exact) mass is 248 g/mol. The number of ether oxygens (including phenoxy) is 1. The molecule has 0 saturated heterocycles. The average Bonchev–Trinajstić information content (AvgIpc) is 2.41. The van der Waals surface area contributed by atoms with Crippen molar-refractivity contribution < 1.29 is 9.53 Å². The Hall–Kier alpha value is -1.97. The Labute approximate surface area is 108 Å². The van der Waals surface area contributed by atoms with Gasteiger partial charge in [0, 0.05) is 20.1 Å². The molecule has 4 heteroatoms. The molecule has 0 heterocycles. The summed E-state index contributed by atoms with van der Waals surface area (Å²) in [6.45, 7) is 5.30. The van der Waals surface area contributed by atoms with Crippen LogP contribution < -0.4 is 10.1 Å². The van der Waals surface area contributed by atoms with Gasteiger partial charge < -0.3 is 15.0 Å². The van der Waals surface area contributed by atoms with Crippen LogP contribution in [-0.4, -0.2) is 37.7 Å². The Morgan fingerprint density at radius 2 is 2.17 bits per heavy atom. The minimum Gasteiger partial charge on any atom is -0.494 e. The second-order valence-electron chi connectivity index (χ2n) is 3.91. The summed E-state index contributed by atoms with van der Waals surface area (Å²) in [4.78, 5) is 13.1. The summed E-state index contributed by atoms with van der Waals surface area (Å²) in [5.74, 6) is 0.858. The topological polar surface area (TPSA) is 41.6 Å². The standard InChI is InChI=1S/C14H20N2O2/c1-3-10-15-14(17)16(2)11-7-12-18-13-8-5-4-6-9-13/h3-6,8-9H,1,7,10-12H2,2H3,(H,15,17). The van der Waals surface area contributed by atoms with Crippen molar-refractivity contribution >= 4 is 6.03 Å². The highest BCUT2D eigenvalue weighted by atomic mass is 16.5. The number of carbonyl (C=O) groups is 1. The Balaban J connectivity index is 2.14. The van der Waals surface area contributed by atoms with Gasteiger partial charge in [-0.3, -0.25) is 0 Å². The minimum absolute atomic E-state index is 0.0883. The van der Waals surface area contributed by atoms with E-state index in [9.17, 15) is 4.79 Å². The van der Waals surface area contributed by atoms with Crippen molar-refractivity contribution in [3.63, 3.8) is 0 Å². The molecular formula is C14H20N2O2. The van der Waals surface area contributed by atoms with Crippen molar-refractivity contribution in [1.29, 1.82) is 0 Å². The lowest BCUT2D eigenvalue weighted by atomic mass is 10.3. The van der Waals surface area contributed by atoms with Crippen LogP contribution in [0.25, 0.3) is 0 Å². The smallest absolute Gasteiger partial charge is 0.317 e. The third-order valence-electron chi connectivity index (χ3n) is 2.39. The molecule has 0 aromatic heterocycles. The van der Waals surface area contributed by atoms with Gasteiger partial charge in [-0.2, -0.15) is 0 Å². The molecule has 0 spiro atoms. The van der Waals surface area contributed by atoms with E-state index in [4.69, 9.17) is 4.74 Å². The van der Waals surface area contributed by atoms with E-state index >= 15 is 0 Å². The van der Waals surface area contributed by atoms with Crippen LogP contribution in [0, 0.1) is 0 Å². The van der Waals surface area contributed by atoms with Gasteiger partial charge in [-0.15, -0.1) is 6.58 Å². The van der Waals surface area contributed by atoms with Gasteiger partial charge in [-0.1, -0.05) is 24.3 Å². The van der Waals surface area contributed by atoms with Gasteiger partial charge in [0.25, 0.3) is 0 Å². The molecule has 1 aromatic rings.